The van der Waals surface area contributed by atoms with Crippen LogP contribution in [0.5, 0.6) is 0 Å². The van der Waals surface area contributed by atoms with Crippen LogP contribution >= 0.6 is 0 Å². The minimum atomic E-state index is -1.07. The summed E-state index contributed by atoms with van der Waals surface area (Å²) in [6.07, 6.45) is 2.05. The number of amides is 1. The molecule has 1 aromatic heterocycles. The minimum absolute atomic E-state index is 0.184. The number of H-pyrrole nitrogens is 1. The number of imidazole rings is 1. The molecule has 0 fully saturated rings. The van der Waals surface area contributed by atoms with Gasteiger partial charge in [-0.15, -0.1) is 0 Å². The molecule has 0 aliphatic heterocycles. The monoisotopic (exact) mass is 197 g/mol. The number of carboxylic acids is 1. The molecule has 6 nitrogen and oxygen atoms in total. The first-order chi connectivity index (χ1) is 6.65. The summed E-state index contributed by atoms with van der Waals surface area (Å²) in [5.74, 6) is -1.07. The third kappa shape index (κ3) is 2.32. The number of aromatic nitrogens is 2. The number of aromatic amines is 1. The largest absolute Gasteiger partial charge is 0.480 e. The zero-order valence-corrected chi connectivity index (χ0v) is 7.65. The van der Waals surface area contributed by atoms with Crippen molar-refractivity contribution in [3.05, 3.63) is 17.7 Å². The van der Waals surface area contributed by atoms with E-state index in [1.165, 1.54) is 6.33 Å². The van der Waals surface area contributed by atoms with E-state index in [-0.39, 0.29) is 6.42 Å². The number of carboxylic acid groups (broad SMARTS) is 1. The molecule has 1 heterocycles. The zero-order chi connectivity index (χ0) is 10.6. The standard InChI is InChI=1S/C8H11N3O3/c1-5-6(10-3-9-5)2-7(8(13)14)11-4-12/h3-4,7H,2H2,1H3,(H,9,10)(H,11,12)(H,13,14). The number of hydrogen-bond acceptors (Lipinski definition) is 3. The molecule has 0 radical (unpaired) electrons. The Hall–Kier alpha value is -1.85. The smallest absolute Gasteiger partial charge is 0.326 e. The summed E-state index contributed by atoms with van der Waals surface area (Å²) in [5.41, 5.74) is 1.45. The van der Waals surface area contributed by atoms with Crippen molar-refractivity contribution in [2.75, 3.05) is 0 Å². The van der Waals surface area contributed by atoms with E-state index < -0.39 is 12.0 Å². The summed E-state index contributed by atoms with van der Waals surface area (Å²) in [5, 5.41) is 10.9. The van der Waals surface area contributed by atoms with Crippen molar-refractivity contribution in [3.63, 3.8) is 0 Å². The van der Waals surface area contributed by atoms with Gasteiger partial charge in [0.1, 0.15) is 6.04 Å². The molecule has 3 N–H and O–H groups in total. The average Bonchev–Trinajstić information content (AvgIpc) is 2.51. The highest BCUT2D eigenvalue weighted by Crippen LogP contribution is 2.04. The van der Waals surface area contributed by atoms with Gasteiger partial charge in [-0.05, 0) is 6.92 Å². The van der Waals surface area contributed by atoms with Crippen molar-refractivity contribution in [1.29, 1.82) is 0 Å². The van der Waals surface area contributed by atoms with E-state index in [1.54, 1.807) is 6.92 Å². The van der Waals surface area contributed by atoms with Crippen LogP contribution in [0.2, 0.25) is 0 Å². The molecule has 1 amide bonds. The molecule has 1 aromatic rings. The van der Waals surface area contributed by atoms with Gasteiger partial charge in [-0.3, -0.25) is 4.79 Å². The van der Waals surface area contributed by atoms with Crippen molar-refractivity contribution >= 4 is 12.4 Å². The van der Waals surface area contributed by atoms with Gasteiger partial charge in [0.25, 0.3) is 0 Å². The maximum Gasteiger partial charge on any atom is 0.326 e. The molecule has 14 heavy (non-hydrogen) atoms. The molecule has 0 saturated heterocycles. The highest BCUT2D eigenvalue weighted by atomic mass is 16.4. The van der Waals surface area contributed by atoms with Crippen LogP contribution < -0.4 is 5.32 Å². The van der Waals surface area contributed by atoms with Crippen LogP contribution in [0.3, 0.4) is 0 Å². The van der Waals surface area contributed by atoms with Gasteiger partial charge in [0.15, 0.2) is 0 Å². The Morgan fingerprint density at radius 1 is 1.86 bits per heavy atom. The lowest BCUT2D eigenvalue weighted by molar-refractivity contribution is -0.140. The Morgan fingerprint density at radius 2 is 2.57 bits per heavy atom. The number of carbonyl (C=O) groups excluding carboxylic acids is 1. The van der Waals surface area contributed by atoms with E-state index in [1.807, 2.05) is 0 Å². The van der Waals surface area contributed by atoms with E-state index in [4.69, 9.17) is 5.11 Å². The van der Waals surface area contributed by atoms with Crippen molar-refractivity contribution < 1.29 is 14.7 Å². The summed E-state index contributed by atoms with van der Waals surface area (Å²) in [7, 11) is 0. The molecule has 0 aliphatic rings. The zero-order valence-electron chi connectivity index (χ0n) is 7.65. The van der Waals surface area contributed by atoms with Crippen LogP contribution in [0.15, 0.2) is 6.33 Å². The Bertz CT molecular complexity index is 334. The maximum absolute atomic E-state index is 10.7. The van der Waals surface area contributed by atoms with Crippen LogP contribution in [0.25, 0.3) is 0 Å². The molecule has 1 atom stereocenters. The Balaban J connectivity index is 2.69. The molecule has 6 heteroatoms. The molecule has 0 bridgehead atoms. The molecule has 0 spiro atoms. The molecule has 1 rings (SSSR count). The average molecular weight is 197 g/mol. The highest BCUT2D eigenvalue weighted by Gasteiger charge is 2.18. The fourth-order valence-corrected chi connectivity index (χ4v) is 1.09. The van der Waals surface area contributed by atoms with Gasteiger partial charge in [-0.2, -0.15) is 0 Å². The second-order valence-corrected chi connectivity index (χ2v) is 2.85. The van der Waals surface area contributed by atoms with Crippen LogP contribution in [-0.4, -0.2) is 33.5 Å². The second kappa shape index (κ2) is 4.40. The molecular formula is C8H11N3O3. The van der Waals surface area contributed by atoms with Crippen LogP contribution in [0.4, 0.5) is 0 Å². The topological polar surface area (TPSA) is 95.1 Å². The Morgan fingerprint density at radius 3 is 3.00 bits per heavy atom. The maximum atomic E-state index is 10.7. The van der Waals surface area contributed by atoms with Gasteiger partial charge < -0.3 is 15.4 Å². The van der Waals surface area contributed by atoms with E-state index in [0.29, 0.717) is 12.1 Å². The number of hydrogen-bond donors (Lipinski definition) is 3. The first-order valence-electron chi connectivity index (χ1n) is 4.06. The predicted octanol–water partition coefficient (Wildman–Crippen LogP) is -0.540. The quantitative estimate of drug-likeness (QED) is 0.552. The third-order valence-corrected chi connectivity index (χ3v) is 1.90. The molecule has 0 saturated carbocycles. The lowest BCUT2D eigenvalue weighted by Crippen LogP contribution is -2.37. The molecule has 0 aromatic carbocycles. The number of aliphatic carboxylic acids is 1. The van der Waals surface area contributed by atoms with Gasteiger partial charge in [0.05, 0.1) is 12.0 Å². The van der Waals surface area contributed by atoms with E-state index in [2.05, 4.69) is 15.3 Å². The van der Waals surface area contributed by atoms with E-state index in [0.717, 1.165) is 5.69 Å². The summed E-state index contributed by atoms with van der Waals surface area (Å²) < 4.78 is 0. The van der Waals surface area contributed by atoms with Gasteiger partial charge in [0, 0.05) is 12.1 Å². The second-order valence-electron chi connectivity index (χ2n) is 2.85. The summed E-state index contributed by atoms with van der Waals surface area (Å²) in [6.45, 7) is 1.79. The Labute approximate surface area is 80.4 Å². The lowest BCUT2D eigenvalue weighted by Gasteiger charge is -2.09. The fraction of sp³-hybridized carbons (Fsp3) is 0.375. The fourth-order valence-electron chi connectivity index (χ4n) is 1.09. The normalized spacial score (nSPS) is 12.1. The highest BCUT2D eigenvalue weighted by molar-refractivity contribution is 5.76. The van der Waals surface area contributed by atoms with Gasteiger partial charge in [-0.25, -0.2) is 9.78 Å². The first kappa shape index (κ1) is 10.2. The SMILES string of the molecule is Cc1[nH]cnc1CC(NC=O)C(=O)O. The first-order valence-corrected chi connectivity index (χ1v) is 4.06. The molecular weight excluding hydrogens is 186 g/mol. The molecule has 76 valence electrons. The van der Waals surface area contributed by atoms with Gasteiger partial charge >= 0.3 is 5.97 Å². The summed E-state index contributed by atoms with van der Waals surface area (Å²) >= 11 is 0. The Kier molecular flexibility index (Phi) is 3.22. The molecule has 0 aliphatic carbocycles. The lowest BCUT2D eigenvalue weighted by atomic mass is 10.1. The van der Waals surface area contributed by atoms with Crippen molar-refractivity contribution in [2.45, 2.75) is 19.4 Å². The number of nitrogens with one attached hydrogen (secondary N) is 2. The minimum Gasteiger partial charge on any atom is -0.480 e. The van der Waals surface area contributed by atoms with E-state index in [9.17, 15) is 9.59 Å². The number of rotatable bonds is 5. The van der Waals surface area contributed by atoms with Crippen LogP contribution in [0.1, 0.15) is 11.4 Å². The van der Waals surface area contributed by atoms with Crippen LogP contribution in [-0.2, 0) is 16.0 Å². The molecule has 1 unspecified atom stereocenters. The van der Waals surface area contributed by atoms with Crippen LogP contribution in [0, 0.1) is 6.92 Å². The van der Waals surface area contributed by atoms with E-state index >= 15 is 0 Å². The third-order valence-electron chi connectivity index (χ3n) is 1.90. The van der Waals surface area contributed by atoms with Crippen molar-refractivity contribution in [3.8, 4) is 0 Å². The van der Waals surface area contributed by atoms with Crippen molar-refractivity contribution in [2.24, 2.45) is 0 Å². The number of carbonyl (C=O) groups is 2. The van der Waals surface area contributed by atoms with Gasteiger partial charge in [-0.1, -0.05) is 0 Å². The number of aryl methyl sites for hydroxylation is 1. The predicted molar refractivity (Wildman–Crippen MR) is 47.7 cm³/mol. The number of nitrogens with zero attached hydrogens (tertiary/aromatic N) is 1. The van der Waals surface area contributed by atoms with Crippen molar-refractivity contribution in [1.82, 2.24) is 15.3 Å². The summed E-state index contributed by atoms with van der Waals surface area (Å²) in [6, 6.07) is -0.922. The summed E-state index contributed by atoms with van der Waals surface area (Å²) in [4.78, 5) is 27.6. The van der Waals surface area contributed by atoms with Gasteiger partial charge in [0.2, 0.25) is 6.41 Å².